The van der Waals surface area contributed by atoms with Gasteiger partial charge in [0.1, 0.15) is 17.1 Å². The van der Waals surface area contributed by atoms with E-state index in [2.05, 4.69) is 34.5 Å². The molecule has 0 aliphatic carbocycles. The number of aliphatic imine (C=N–C) groups is 1. The first-order valence-electron chi connectivity index (χ1n) is 10.4. The van der Waals surface area contributed by atoms with Crippen LogP contribution in [0.25, 0.3) is 0 Å². The van der Waals surface area contributed by atoms with Gasteiger partial charge in [0.2, 0.25) is 5.88 Å². The van der Waals surface area contributed by atoms with E-state index in [4.69, 9.17) is 9.15 Å². The molecule has 2 aromatic heterocycles. The van der Waals surface area contributed by atoms with Gasteiger partial charge in [-0.15, -0.1) is 0 Å². The zero-order chi connectivity index (χ0) is 22.3. The van der Waals surface area contributed by atoms with Crippen LogP contribution in [0.2, 0.25) is 0 Å². The van der Waals surface area contributed by atoms with E-state index in [-0.39, 0.29) is 6.54 Å². The highest BCUT2D eigenvalue weighted by Crippen LogP contribution is 2.23. The molecule has 7 nitrogen and oxygen atoms in total. The van der Waals surface area contributed by atoms with Crippen molar-refractivity contribution in [2.45, 2.75) is 39.8 Å². The number of nitrogens with zero attached hydrogens (tertiary/aromatic N) is 2. The molecule has 0 bridgehead atoms. The van der Waals surface area contributed by atoms with Crippen LogP contribution in [-0.2, 0) is 12.1 Å². The van der Waals surface area contributed by atoms with Gasteiger partial charge in [-0.05, 0) is 74.7 Å². The molecule has 3 N–H and O–H groups in total. The van der Waals surface area contributed by atoms with Gasteiger partial charge in [0, 0.05) is 18.8 Å². The molecule has 0 aliphatic rings. The topological polar surface area (TPSA) is 91.9 Å². The van der Waals surface area contributed by atoms with Gasteiger partial charge in [-0.25, -0.2) is 9.98 Å². The Balaban J connectivity index is 1.65. The second-order valence-corrected chi connectivity index (χ2v) is 7.65. The van der Waals surface area contributed by atoms with Gasteiger partial charge in [-0.2, -0.15) is 0 Å². The fourth-order valence-electron chi connectivity index (χ4n) is 2.94. The van der Waals surface area contributed by atoms with Gasteiger partial charge in [-0.3, -0.25) is 0 Å². The Hall–Kier alpha value is -3.32. The monoisotopic (exact) mass is 422 g/mol. The quantitative estimate of drug-likeness (QED) is 0.375. The van der Waals surface area contributed by atoms with Crippen molar-refractivity contribution in [2.75, 3.05) is 13.1 Å². The summed E-state index contributed by atoms with van der Waals surface area (Å²) in [7, 11) is 0. The first-order valence-corrected chi connectivity index (χ1v) is 10.4. The molecule has 1 unspecified atom stereocenters. The number of furan rings is 1. The number of benzene rings is 1. The molecule has 1 aromatic carbocycles. The van der Waals surface area contributed by atoms with Crippen molar-refractivity contribution in [3.8, 4) is 11.6 Å². The smallest absolute Gasteiger partial charge is 0.219 e. The summed E-state index contributed by atoms with van der Waals surface area (Å²) in [6, 6.07) is 13.3. The predicted molar refractivity (Wildman–Crippen MR) is 121 cm³/mol. The maximum atomic E-state index is 10.6. The van der Waals surface area contributed by atoms with Crippen LogP contribution in [0, 0.1) is 13.8 Å². The van der Waals surface area contributed by atoms with Crippen molar-refractivity contribution in [1.29, 1.82) is 0 Å². The van der Waals surface area contributed by atoms with Crippen LogP contribution >= 0.6 is 0 Å². The number of aryl methyl sites for hydroxylation is 2. The van der Waals surface area contributed by atoms with Crippen molar-refractivity contribution in [1.82, 2.24) is 15.6 Å². The van der Waals surface area contributed by atoms with E-state index >= 15 is 0 Å². The van der Waals surface area contributed by atoms with Crippen LogP contribution in [0.5, 0.6) is 11.6 Å². The lowest BCUT2D eigenvalue weighted by Crippen LogP contribution is -2.44. The van der Waals surface area contributed by atoms with Crippen LogP contribution in [-0.4, -0.2) is 29.1 Å². The summed E-state index contributed by atoms with van der Waals surface area (Å²) in [5, 5.41) is 17.0. The number of aromatic nitrogens is 1. The lowest BCUT2D eigenvalue weighted by molar-refractivity contribution is 0.0386. The zero-order valence-electron chi connectivity index (χ0n) is 18.5. The number of hydrogen-bond donors (Lipinski definition) is 3. The van der Waals surface area contributed by atoms with Crippen molar-refractivity contribution < 1.29 is 14.3 Å². The van der Waals surface area contributed by atoms with Crippen molar-refractivity contribution in [3.05, 3.63) is 77.4 Å². The van der Waals surface area contributed by atoms with E-state index in [1.807, 2.05) is 37.3 Å². The summed E-state index contributed by atoms with van der Waals surface area (Å²) in [4.78, 5) is 8.91. The van der Waals surface area contributed by atoms with Gasteiger partial charge in [0.25, 0.3) is 0 Å². The second-order valence-electron chi connectivity index (χ2n) is 7.65. The van der Waals surface area contributed by atoms with Crippen molar-refractivity contribution in [3.63, 3.8) is 0 Å². The number of ether oxygens (including phenoxy) is 1. The number of rotatable bonds is 8. The van der Waals surface area contributed by atoms with Gasteiger partial charge in [0.15, 0.2) is 5.96 Å². The standard InChI is InChI=1S/C24H30N4O3/c1-5-25-23(28-16-24(4,29)21-7-6-12-30-21)27-15-19-10-11-26-22(14-19)31-20-9-8-17(2)18(3)13-20/h6-14,29H,5,15-16H2,1-4H3,(H2,25,27,28). The molecule has 0 amide bonds. The molecule has 0 fully saturated rings. The molecule has 164 valence electrons. The molecule has 0 saturated carbocycles. The summed E-state index contributed by atoms with van der Waals surface area (Å²) in [6.45, 7) is 9.20. The molecule has 0 saturated heterocycles. The Morgan fingerprint density at radius 3 is 2.71 bits per heavy atom. The molecule has 7 heteroatoms. The minimum absolute atomic E-state index is 0.254. The van der Waals surface area contributed by atoms with Crippen LogP contribution in [0.1, 0.15) is 36.3 Å². The van der Waals surface area contributed by atoms with Gasteiger partial charge >= 0.3 is 0 Å². The Kier molecular flexibility index (Phi) is 7.31. The number of aliphatic hydroxyl groups is 1. The lowest BCUT2D eigenvalue weighted by Gasteiger charge is -2.22. The fourth-order valence-corrected chi connectivity index (χ4v) is 2.94. The molecule has 0 aliphatic heterocycles. The maximum absolute atomic E-state index is 10.6. The Labute approximate surface area is 183 Å². The minimum Gasteiger partial charge on any atom is -0.466 e. The van der Waals surface area contributed by atoms with Gasteiger partial charge in [-0.1, -0.05) is 6.07 Å². The molecule has 3 rings (SSSR count). The normalized spacial score (nSPS) is 13.5. The molecule has 0 spiro atoms. The highest BCUT2D eigenvalue weighted by molar-refractivity contribution is 5.79. The van der Waals surface area contributed by atoms with E-state index in [1.54, 1.807) is 31.5 Å². The van der Waals surface area contributed by atoms with E-state index in [1.165, 1.54) is 11.1 Å². The molecular weight excluding hydrogens is 392 g/mol. The number of nitrogens with one attached hydrogen (secondary N) is 2. The largest absolute Gasteiger partial charge is 0.466 e. The zero-order valence-corrected chi connectivity index (χ0v) is 18.5. The average molecular weight is 423 g/mol. The summed E-state index contributed by atoms with van der Waals surface area (Å²) in [5.74, 6) is 2.38. The Morgan fingerprint density at radius 1 is 1.16 bits per heavy atom. The first kappa shape index (κ1) is 22.4. The van der Waals surface area contributed by atoms with Crippen molar-refractivity contribution in [2.24, 2.45) is 4.99 Å². The van der Waals surface area contributed by atoms with Crippen LogP contribution < -0.4 is 15.4 Å². The Morgan fingerprint density at radius 2 is 2.00 bits per heavy atom. The van der Waals surface area contributed by atoms with Gasteiger partial charge < -0.3 is 24.9 Å². The summed E-state index contributed by atoms with van der Waals surface area (Å²) in [6.07, 6.45) is 3.26. The Bertz CT molecular complexity index is 1010. The minimum atomic E-state index is -1.15. The van der Waals surface area contributed by atoms with E-state index in [0.29, 0.717) is 30.7 Å². The molecule has 3 aromatic rings. The molecule has 31 heavy (non-hydrogen) atoms. The van der Waals surface area contributed by atoms with Crippen LogP contribution in [0.15, 0.2) is 64.3 Å². The molecule has 1 atom stereocenters. The third kappa shape index (κ3) is 6.33. The maximum Gasteiger partial charge on any atom is 0.219 e. The number of guanidine groups is 1. The number of hydrogen-bond acceptors (Lipinski definition) is 5. The number of pyridine rings is 1. The SMILES string of the molecule is CCNC(=NCc1ccnc(Oc2ccc(C)c(C)c2)c1)NCC(C)(O)c1ccco1. The fraction of sp³-hybridized carbons (Fsp3) is 0.333. The predicted octanol–water partition coefficient (Wildman–Crippen LogP) is 4.05. The highest BCUT2D eigenvalue weighted by atomic mass is 16.5. The third-order valence-corrected chi connectivity index (χ3v) is 4.92. The first-order chi connectivity index (χ1) is 14.9. The average Bonchev–Trinajstić information content (AvgIpc) is 3.29. The summed E-state index contributed by atoms with van der Waals surface area (Å²) >= 11 is 0. The summed E-state index contributed by atoms with van der Waals surface area (Å²) in [5.41, 5.74) is 2.20. The summed E-state index contributed by atoms with van der Waals surface area (Å²) < 4.78 is 11.2. The van der Waals surface area contributed by atoms with E-state index < -0.39 is 5.60 Å². The van der Waals surface area contributed by atoms with E-state index in [0.717, 1.165) is 11.3 Å². The molecule has 2 heterocycles. The lowest BCUT2D eigenvalue weighted by atomic mass is 10.0. The van der Waals surface area contributed by atoms with Crippen molar-refractivity contribution >= 4 is 5.96 Å². The van der Waals surface area contributed by atoms with Crippen LogP contribution in [0.4, 0.5) is 0 Å². The highest BCUT2D eigenvalue weighted by Gasteiger charge is 2.26. The molecular formula is C24H30N4O3. The second kappa shape index (κ2) is 10.1. The van der Waals surface area contributed by atoms with Gasteiger partial charge in [0.05, 0.1) is 19.4 Å². The third-order valence-electron chi connectivity index (χ3n) is 4.92. The molecule has 0 radical (unpaired) electrons. The van der Waals surface area contributed by atoms with Crippen LogP contribution in [0.3, 0.4) is 0 Å². The van der Waals surface area contributed by atoms with E-state index in [9.17, 15) is 5.11 Å².